The van der Waals surface area contributed by atoms with Gasteiger partial charge in [-0.25, -0.2) is 4.79 Å². The van der Waals surface area contributed by atoms with Crippen LogP contribution in [0.2, 0.25) is 5.02 Å². The molecule has 0 amide bonds. The second-order valence-corrected chi connectivity index (χ2v) is 8.42. The first-order valence-electron chi connectivity index (χ1n) is 8.20. The molecule has 0 aliphatic carbocycles. The molecule has 0 saturated carbocycles. The standard InChI is InChI=1S/C20H15ClN2O4S/c21-13-5-6-17-15(9-13)19(23-18-4-2-1-3-14(18)20(24)25)16(10-22-17)12-7-8-28(26,27)11-12/h1-11,26-27H,(H,22,23)(H,24,25). The van der Waals surface area contributed by atoms with E-state index in [1.165, 1.54) is 16.9 Å². The molecule has 2 aromatic carbocycles. The molecule has 0 radical (unpaired) electrons. The number of hydrogen-bond donors (Lipinski definition) is 4. The number of nitrogens with zero attached hydrogens (tertiary/aromatic N) is 1. The molecule has 0 fully saturated rings. The fraction of sp³-hybridized carbons (Fsp3) is 0. The zero-order chi connectivity index (χ0) is 19.9. The molecule has 1 aliphatic heterocycles. The number of aromatic carboxylic acids is 1. The molecule has 6 nitrogen and oxygen atoms in total. The van der Waals surface area contributed by atoms with E-state index in [2.05, 4.69) is 10.3 Å². The number of halogens is 1. The Kier molecular flexibility index (Phi) is 4.60. The molecular weight excluding hydrogens is 400 g/mol. The Balaban J connectivity index is 1.95. The third-order valence-electron chi connectivity index (χ3n) is 4.31. The first kappa shape index (κ1) is 18.5. The van der Waals surface area contributed by atoms with E-state index in [1.807, 2.05) is 0 Å². The third kappa shape index (κ3) is 3.48. The first-order valence-corrected chi connectivity index (χ1v) is 10.3. The van der Waals surface area contributed by atoms with Crippen LogP contribution in [-0.4, -0.2) is 25.2 Å². The van der Waals surface area contributed by atoms with Crippen LogP contribution in [0.3, 0.4) is 0 Å². The van der Waals surface area contributed by atoms with E-state index in [0.717, 1.165) is 0 Å². The van der Waals surface area contributed by atoms with Gasteiger partial charge in [-0.3, -0.25) is 14.1 Å². The van der Waals surface area contributed by atoms with Gasteiger partial charge in [0.2, 0.25) is 0 Å². The molecule has 1 aromatic heterocycles. The summed E-state index contributed by atoms with van der Waals surface area (Å²) >= 11 is 6.18. The van der Waals surface area contributed by atoms with Crippen molar-refractivity contribution in [2.75, 3.05) is 5.32 Å². The number of benzene rings is 2. The van der Waals surface area contributed by atoms with Crippen LogP contribution in [0.15, 0.2) is 65.6 Å². The molecule has 28 heavy (non-hydrogen) atoms. The van der Waals surface area contributed by atoms with Gasteiger partial charge < -0.3 is 10.4 Å². The summed E-state index contributed by atoms with van der Waals surface area (Å²) in [6.07, 6.45) is 3.22. The summed E-state index contributed by atoms with van der Waals surface area (Å²) in [5.41, 5.74) is 2.93. The monoisotopic (exact) mass is 414 g/mol. The van der Waals surface area contributed by atoms with Crippen molar-refractivity contribution in [1.29, 1.82) is 0 Å². The van der Waals surface area contributed by atoms with Crippen LogP contribution in [-0.2, 0) is 0 Å². The van der Waals surface area contributed by atoms with Crippen molar-refractivity contribution in [1.82, 2.24) is 4.98 Å². The second kappa shape index (κ2) is 6.96. The van der Waals surface area contributed by atoms with Gasteiger partial charge in [-0.1, -0.05) is 23.7 Å². The van der Waals surface area contributed by atoms with Gasteiger partial charge in [0.15, 0.2) is 0 Å². The van der Waals surface area contributed by atoms with Gasteiger partial charge >= 0.3 is 5.97 Å². The highest BCUT2D eigenvalue weighted by molar-refractivity contribution is 8.29. The Labute approximate surface area is 167 Å². The van der Waals surface area contributed by atoms with Crippen LogP contribution in [0.1, 0.15) is 15.9 Å². The van der Waals surface area contributed by atoms with E-state index >= 15 is 0 Å². The van der Waals surface area contributed by atoms with E-state index < -0.39 is 16.6 Å². The topological polar surface area (TPSA) is 103 Å². The number of rotatable bonds is 4. The Hall–Kier alpha value is -2.84. The molecule has 0 atom stereocenters. The highest BCUT2D eigenvalue weighted by Gasteiger charge is 2.20. The van der Waals surface area contributed by atoms with E-state index in [9.17, 15) is 19.0 Å². The molecule has 0 spiro atoms. The lowest BCUT2D eigenvalue weighted by Crippen LogP contribution is -2.04. The van der Waals surface area contributed by atoms with Crippen molar-refractivity contribution in [3.8, 4) is 0 Å². The SMILES string of the molecule is O=C(O)c1ccccc1Nc1c(C2=CS(O)(O)C=C2)cnc2ccc(Cl)cc12. The fourth-order valence-corrected chi connectivity index (χ4v) is 4.20. The van der Waals surface area contributed by atoms with Crippen LogP contribution >= 0.6 is 22.2 Å². The van der Waals surface area contributed by atoms with Crippen molar-refractivity contribution < 1.29 is 19.0 Å². The highest BCUT2D eigenvalue weighted by Crippen LogP contribution is 2.51. The van der Waals surface area contributed by atoms with Gasteiger partial charge in [-0.2, -0.15) is 10.6 Å². The Morgan fingerprint density at radius 3 is 2.64 bits per heavy atom. The number of para-hydroxylation sites is 1. The van der Waals surface area contributed by atoms with Crippen LogP contribution in [0.25, 0.3) is 16.5 Å². The summed E-state index contributed by atoms with van der Waals surface area (Å²) in [6.45, 7) is 0. The van der Waals surface area contributed by atoms with Crippen molar-refractivity contribution >= 4 is 56.0 Å². The third-order valence-corrected chi connectivity index (χ3v) is 5.68. The minimum absolute atomic E-state index is 0.112. The van der Waals surface area contributed by atoms with Crippen LogP contribution in [0.5, 0.6) is 0 Å². The molecular formula is C20H15ClN2O4S. The van der Waals surface area contributed by atoms with Crippen molar-refractivity contribution in [3.05, 3.63) is 81.7 Å². The molecule has 1 aliphatic rings. The summed E-state index contributed by atoms with van der Waals surface area (Å²) in [5, 5.41) is 16.6. The van der Waals surface area contributed by atoms with Crippen LogP contribution < -0.4 is 5.32 Å². The minimum Gasteiger partial charge on any atom is -0.478 e. The zero-order valence-corrected chi connectivity index (χ0v) is 15.9. The maximum Gasteiger partial charge on any atom is 0.337 e. The average molecular weight is 415 g/mol. The van der Waals surface area contributed by atoms with Gasteiger partial charge in [0.05, 0.1) is 22.5 Å². The van der Waals surface area contributed by atoms with Crippen LogP contribution in [0, 0.1) is 0 Å². The van der Waals surface area contributed by atoms with E-state index in [-0.39, 0.29) is 5.56 Å². The number of pyridine rings is 1. The fourth-order valence-electron chi connectivity index (χ4n) is 3.02. The van der Waals surface area contributed by atoms with Crippen molar-refractivity contribution in [3.63, 3.8) is 0 Å². The predicted molar refractivity (Wildman–Crippen MR) is 113 cm³/mol. The molecule has 4 rings (SSSR count). The molecule has 0 bridgehead atoms. The van der Waals surface area contributed by atoms with Crippen molar-refractivity contribution in [2.24, 2.45) is 0 Å². The number of aromatic nitrogens is 1. The van der Waals surface area contributed by atoms with Gasteiger partial charge in [-0.05, 0) is 36.4 Å². The number of hydrogen-bond acceptors (Lipinski definition) is 5. The number of carboxylic acids is 1. The van der Waals surface area contributed by atoms with E-state index in [0.29, 0.717) is 38.4 Å². The lowest BCUT2D eigenvalue weighted by atomic mass is 10.0. The highest BCUT2D eigenvalue weighted by atomic mass is 35.5. The quantitative estimate of drug-likeness (QED) is 0.420. The Morgan fingerprint density at radius 2 is 1.93 bits per heavy atom. The molecule has 0 unspecified atom stereocenters. The maximum atomic E-state index is 11.6. The Morgan fingerprint density at radius 1 is 1.14 bits per heavy atom. The van der Waals surface area contributed by atoms with Gasteiger partial charge in [0.25, 0.3) is 0 Å². The van der Waals surface area contributed by atoms with E-state index in [1.54, 1.807) is 48.7 Å². The molecule has 3 aromatic rings. The van der Waals surface area contributed by atoms with Gasteiger partial charge in [0.1, 0.15) is 0 Å². The lowest BCUT2D eigenvalue weighted by Gasteiger charge is -2.20. The van der Waals surface area contributed by atoms with E-state index in [4.69, 9.17) is 11.6 Å². The summed E-state index contributed by atoms with van der Waals surface area (Å²) in [4.78, 5) is 16.0. The number of fused-ring (bicyclic) bond motifs is 1. The molecule has 2 heterocycles. The number of carbonyl (C=O) groups is 1. The minimum atomic E-state index is -2.93. The second-order valence-electron chi connectivity index (χ2n) is 6.20. The smallest absolute Gasteiger partial charge is 0.337 e. The average Bonchev–Trinajstić information content (AvgIpc) is 3.02. The van der Waals surface area contributed by atoms with Gasteiger partial charge in [0, 0.05) is 38.6 Å². The van der Waals surface area contributed by atoms with Crippen LogP contribution in [0.4, 0.5) is 11.4 Å². The summed E-state index contributed by atoms with van der Waals surface area (Å²) in [5.74, 6) is -1.06. The zero-order valence-electron chi connectivity index (χ0n) is 14.3. The Bertz CT molecular complexity index is 1170. The van der Waals surface area contributed by atoms with Crippen molar-refractivity contribution in [2.45, 2.75) is 0 Å². The number of nitrogens with one attached hydrogen (secondary N) is 1. The molecule has 0 saturated heterocycles. The summed E-state index contributed by atoms with van der Waals surface area (Å²) in [7, 11) is -2.93. The van der Waals surface area contributed by atoms with Gasteiger partial charge in [-0.15, -0.1) is 0 Å². The first-order chi connectivity index (χ1) is 13.3. The normalized spacial score (nSPS) is 16.0. The summed E-state index contributed by atoms with van der Waals surface area (Å²) in [6, 6.07) is 11.8. The molecule has 4 N–H and O–H groups in total. The largest absolute Gasteiger partial charge is 0.478 e. The lowest BCUT2D eigenvalue weighted by molar-refractivity contribution is 0.0698. The number of allylic oxidation sites excluding steroid dienone is 2. The predicted octanol–water partition coefficient (Wildman–Crippen LogP) is 5.95. The number of carboxylic acid groups (broad SMARTS) is 1. The maximum absolute atomic E-state index is 11.6. The number of anilines is 2. The summed E-state index contributed by atoms with van der Waals surface area (Å²) < 4.78 is 19.8. The molecule has 142 valence electrons. The molecule has 8 heteroatoms.